The molecule has 1 unspecified atom stereocenters. The van der Waals surface area contributed by atoms with Crippen LogP contribution in [0.4, 0.5) is 0 Å². The third-order valence-electron chi connectivity index (χ3n) is 5.90. The summed E-state index contributed by atoms with van der Waals surface area (Å²) in [5.74, 6) is 2.36. The molecule has 0 spiro atoms. The number of likely N-dealkylation sites (tertiary alicyclic amines) is 1. The summed E-state index contributed by atoms with van der Waals surface area (Å²) in [4.78, 5) is 19.5. The maximum absolute atomic E-state index is 12.8. The van der Waals surface area contributed by atoms with Gasteiger partial charge in [0.25, 0.3) is 5.91 Å². The summed E-state index contributed by atoms with van der Waals surface area (Å²) in [6.45, 7) is 1.42. The van der Waals surface area contributed by atoms with E-state index in [-0.39, 0.29) is 11.8 Å². The molecule has 1 atom stereocenters. The standard InChI is InChI=1S/C24H24N4O3S/c1-30-20-7-3-6-19(22(20)31-2)16-8-9-21-25-23(26-28(21)14-16)17-5-4-11-27(13-17)24(29)18-10-12-32-15-18/h3,6-10,12,14-15,17H,4-5,11,13H2,1-2H3. The lowest BCUT2D eigenvalue weighted by Crippen LogP contribution is -2.39. The van der Waals surface area contributed by atoms with E-state index >= 15 is 0 Å². The number of methoxy groups -OCH3 is 2. The third-order valence-corrected chi connectivity index (χ3v) is 6.59. The normalized spacial score (nSPS) is 16.3. The summed E-state index contributed by atoms with van der Waals surface area (Å²) in [6.07, 6.45) is 3.88. The van der Waals surface area contributed by atoms with Gasteiger partial charge in [0.05, 0.1) is 19.8 Å². The molecule has 3 aromatic heterocycles. The summed E-state index contributed by atoms with van der Waals surface area (Å²) < 4.78 is 12.8. The number of amides is 1. The monoisotopic (exact) mass is 448 g/mol. The molecule has 0 N–H and O–H groups in total. The molecule has 4 heterocycles. The topological polar surface area (TPSA) is 69.0 Å². The number of carbonyl (C=O) groups excluding carboxylic acids is 1. The van der Waals surface area contributed by atoms with Gasteiger partial charge in [-0.1, -0.05) is 12.1 Å². The quantitative estimate of drug-likeness (QED) is 0.450. The Labute approximate surface area is 190 Å². The lowest BCUT2D eigenvalue weighted by atomic mass is 9.97. The van der Waals surface area contributed by atoms with E-state index in [2.05, 4.69) is 0 Å². The van der Waals surface area contributed by atoms with E-state index in [0.717, 1.165) is 47.5 Å². The first-order valence-corrected chi connectivity index (χ1v) is 11.5. The van der Waals surface area contributed by atoms with Gasteiger partial charge < -0.3 is 14.4 Å². The van der Waals surface area contributed by atoms with Gasteiger partial charge in [-0.25, -0.2) is 9.50 Å². The van der Waals surface area contributed by atoms with Gasteiger partial charge in [0.15, 0.2) is 23.0 Å². The second-order valence-corrected chi connectivity index (χ2v) is 8.61. The number of pyridine rings is 1. The molecule has 4 aromatic rings. The van der Waals surface area contributed by atoms with Crippen molar-refractivity contribution in [3.8, 4) is 22.6 Å². The highest BCUT2D eigenvalue weighted by molar-refractivity contribution is 7.08. The number of carbonyl (C=O) groups is 1. The largest absolute Gasteiger partial charge is 0.493 e. The Hall–Kier alpha value is -3.39. The predicted molar refractivity (Wildman–Crippen MR) is 124 cm³/mol. The summed E-state index contributed by atoms with van der Waals surface area (Å²) in [5.41, 5.74) is 3.43. The van der Waals surface area contributed by atoms with Crippen molar-refractivity contribution in [3.05, 3.63) is 64.7 Å². The van der Waals surface area contributed by atoms with Gasteiger partial charge in [0, 0.05) is 41.7 Å². The molecule has 1 saturated heterocycles. The second kappa shape index (κ2) is 8.63. The minimum atomic E-state index is 0.0899. The molecule has 7 nitrogen and oxygen atoms in total. The molecule has 1 aromatic carbocycles. The van der Waals surface area contributed by atoms with Crippen LogP contribution in [-0.4, -0.2) is 52.7 Å². The molecule has 0 aliphatic carbocycles. The summed E-state index contributed by atoms with van der Waals surface area (Å²) in [6, 6.07) is 11.7. The molecule has 1 aliphatic heterocycles. The molecule has 164 valence electrons. The number of benzene rings is 1. The number of para-hydroxylation sites is 1. The maximum Gasteiger partial charge on any atom is 0.254 e. The highest BCUT2D eigenvalue weighted by Crippen LogP contribution is 2.37. The fraction of sp³-hybridized carbons (Fsp3) is 0.292. The number of hydrogen-bond acceptors (Lipinski definition) is 6. The average Bonchev–Trinajstić information content (AvgIpc) is 3.53. The molecular formula is C24H24N4O3S. The van der Waals surface area contributed by atoms with Crippen LogP contribution in [0.2, 0.25) is 0 Å². The number of piperidine rings is 1. The summed E-state index contributed by atoms with van der Waals surface area (Å²) in [7, 11) is 3.27. The zero-order chi connectivity index (χ0) is 22.1. The van der Waals surface area contributed by atoms with Gasteiger partial charge >= 0.3 is 0 Å². The number of hydrogen-bond donors (Lipinski definition) is 0. The van der Waals surface area contributed by atoms with Crippen LogP contribution in [0.5, 0.6) is 11.5 Å². The Bertz CT molecular complexity index is 1250. The van der Waals surface area contributed by atoms with E-state index in [1.54, 1.807) is 25.6 Å². The zero-order valence-electron chi connectivity index (χ0n) is 18.0. The van der Waals surface area contributed by atoms with Crippen molar-refractivity contribution in [2.45, 2.75) is 18.8 Å². The zero-order valence-corrected chi connectivity index (χ0v) is 18.8. The Morgan fingerprint density at radius 1 is 1.16 bits per heavy atom. The number of rotatable bonds is 5. The van der Waals surface area contributed by atoms with E-state index in [9.17, 15) is 4.79 Å². The van der Waals surface area contributed by atoms with E-state index in [1.807, 2.05) is 62.8 Å². The van der Waals surface area contributed by atoms with Crippen LogP contribution in [-0.2, 0) is 0 Å². The van der Waals surface area contributed by atoms with Gasteiger partial charge in [-0.2, -0.15) is 16.4 Å². The summed E-state index contributed by atoms with van der Waals surface area (Å²) >= 11 is 1.54. The van der Waals surface area contributed by atoms with Crippen molar-refractivity contribution in [3.63, 3.8) is 0 Å². The number of ether oxygens (including phenoxy) is 2. The SMILES string of the molecule is COc1cccc(-c2ccc3nc(C4CCCN(C(=O)c5ccsc5)C4)nn3c2)c1OC. The molecule has 0 radical (unpaired) electrons. The first kappa shape index (κ1) is 20.5. The maximum atomic E-state index is 12.8. The highest BCUT2D eigenvalue weighted by Gasteiger charge is 2.28. The van der Waals surface area contributed by atoms with Crippen LogP contribution < -0.4 is 9.47 Å². The summed E-state index contributed by atoms with van der Waals surface area (Å²) in [5, 5.41) is 8.62. The minimum Gasteiger partial charge on any atom is -0.493 e. The molecule has 8 heteroatoms. The molecule has 0 saturated carbocycles. The Morgan fingerprint density at radius 2 is 2.06 bits per heavy atom. The van der Waals surface area contributed by atoms with Gasteiger partial charge in [0.1, 0.15) is 0 Å². The fourth-order valence-corrected chi connectivity index (χ4v) is 4.92. The number of aromatic nitrogens is 3. The molecule has 5 rings (SSSR count). The number of nitrogens with zero attached hydrogens (tertiary/aromatic N) is 4. The van der Waals surface area contributed by atoms with Crippen LogP contribution in [0.15, 0.2) is 53.4 Å². The Kier molecular flexibility index (Phi) is 5.53. The lowest BCUT2D eigenvalue weighted by molar-refractivity contribution is 0.0705. The molecule has 1 amide bonds. The van der Waals surface area contributed by atoms with Crippen molar-refractivity contribution in [1.29, 1.82) is 0 Å². The molecular weight excluding hydrogens is 424 g/mol. The lowest BCUT2D eigenvalue weighted by Gasteiger charge is -2.31. The van der Waals surface area contributed by atoms with Crippen LogP contribution in [0.1, 0.15) is 34.9 Å². The van der Waals surface area contributed by atoms with Gasteiger partial charge in [-0.15, -0.1) is 0 Å². The minimum absolute atomic E-state index is 0.0899. The van der Waals surface area contributed by atoms with Crippen LogP contribution in [0, 0.1) is 0 Å². The van der Waals surface area contributed by atoms with E-state index < -0.39 is 0 Å². The van der Waals surface area contributed by atoms with E-state index in [1.165, 1.54) is 0 Å². The average molecular weight is 449 g/mol. The van der Waals surface area contributed by atoms with Gasteiger partial charge in [-0.05, 0) is 42.5 Å². The van der Waals surface area contributed by atoms with Crippen LogP contribution in [0.25, 0.3) is 16.8 Å². The molecule has 0 bridgehead atoms. The fourth-order valence-electron chi connectivity index (χ4n) is 4.29. The Balaban J connectivity index is 1.43. The second-order valence-electron chi connectivity index (χ2n) is 7.83. The van der Waals surface area contributed by atoms with Crippen LogP contribution in [0.3, 0.4) is 0 Å². The molecule has 1 fully saturated rings. The number of fused-ring (bicyclic) bond motifs is 1. The van der Waals surface area contributed by atoms with Crippen molar-refractivity contribution in [1.82, 2.24) is 19.5 Å². The highest BCUT2D eigenvalue weighted by atomic mass is 32.1. The van der Waals surface area contributed by atoms with Crippen molar-refractivity contribution in [2.75, 3.05) is 27.3 Å². The smallest absolute Gasteiger partial charge is 0.254 e. The van der Waals surface area contributed by atoms with E-state index in [0.29, 0.717) is 18.0 Å². The predicted octanol–water partition coefficient (Wildman–Crippen LogP) is 4.49. The first-order chi connectivity index (χ1) is 15.7. The van der Waals surface area contributed by atoms with E-state index in [4.69, 9.17) is 19.6 Å². The van der Waals surface area contributed by atoms with Crippen molar-refractivity contribution < 1.29 is 14.3 Å². The Morgan fingerprint density at radius 3 is 2.84 bits per heavy atom. The third kappa shape index (κ3) is 3.71. The number of thiophene rings is 1. The molecule has 1 aliphatic rings. The molecule has 32 heavy (non-hydrogen) atoms. The van der Waals surface area contributed by atoms with Crippen molar-refractivity contribution >= 4 is 22.9 Å². The van der Waals surface area contributed by atoms with Gasteiger partial charge in [0.2, 0.25) is 0 Å². The van der Waals surface area contributed by atoms with Gasteiger partial charge in [-0.3, -0.25) is 4.79 Å². The van der Waals surface area contributed by atoms with Crippen molar-refractivity contribution in [2.24, 2.45) is 0 Å². The first-order valence-electron chi connectivity index (χ1n) is 10.6. The van der Waals surface area contributed by atoms with Crippen LogP contribution >= 0.6 is 11.3 Å².